The molecule has 0 saturated heterocycles. The first kappa shape index (κ1) is 7.33. The van der Waals surface area contributed by atoms with Gasteiger partial charge in [-0.15, -0.1) is 0 Å². The Balaban J connectivity index is 2.06. The Labute approximate surface area is 68.2 Å². The van der Waals surface area contributed by atoms with Crippen LogP contribution in [0, 0.1) is 11.8 Å². The quantitative estimate of drug-likeness (QED) is 0.521. The van der Waals surface area contributed by atoms with Crippen molar-refractivity contribution < 1.29 is 4.79 Å². The number of carbonyl (C=O) groups is 1. The smallest absolute Gasteiger partial charge is 0.136 e. The summed E-state index contributed by atoms with van der Waals surface area (Å²) in [5.74, 6) is 1.83. The Kier molecular flexibility index (Phi) is 1.97. The van der Waals surface area contributed by atoms with Crippen LogP contribution < -0.4 is 0 Å². The molecule has 2 saturated carbocycles. The van der Waals surface area contributed by atoms with Gasteiger partial charge in [0, 0.05) is 12.3 Å². The van der Waals surface area contributed by atoms with Crippen LogP contribution in [0.1, 0.15) is 44.9 Å². The molecule has 0 radical (unpaired) electrons. The van der Waals surface area contributed by atoms with E-state index in [2.05, 4.69) is 0 Å². The first-order chi connectivity index (χ1) is 5.38. The predicted molar refractivity (Wildman–Crippen MR) is 44.3 cm³/mol. The Morgan fingerprint density at radius 3 is 2.73 bits per heavy atom. The molecule has 0 amide bonds. The number of ketones is 1. The van der Waals surface area contributed by atoms with E-state index in [-0.39, 0.29) is 0 Å². The van der Waals surface area contributed by atoms with Crippen molar-refractivity contribution in [2.75, 3.05) is 0 Å². The molecule has 0 bridgehead atoms. The Hall–Kier alpha value is -0.330. The van der Waals surface area contributed by atoms with Gasteiger partial charge < -0.3 is 0 Å². The van der Waals surface area contributed by atoms with Crippen LogP contribution in [0.25, 0.3) is 0 Å². The third-order valence-corrected chi connectivity index (χ3v) is 3.33. The van der Waals surface area contributed by atoms with E-state index in [1.807, 2.05) is 0 Å². The van der Waals surface area contributed by atoms with Crippen LogP contribution in [-0.2, 0) is 4.79 Å². The van der Waals surface area contributed by atoms with Crippen LogP contribution in [0.3, 0.4) is 0 Å². The molecule has 11 heavy (non-hydrogen) atoms. The maximum absolute atomic E-state index is 11.4. The molecule has 0 spiro atoms. The minimum atomic E-state index is 0.484. The van der Waals surface area contributed by atoms with Crippen molar-refractivity contribution >= 4 is 5.78 Å². The lowest BCUT2D eigenvalue weighted by molar-refractivity contribution is -0.121. The first-order valence-electron chi connectivity index (χ1n) is 4.90. The highest BCUT2D eigenvalue weighted by molar-refractivity contribution is 5.83. The SMILES string of the molecule is O=C1CCC2CCCCCC12. The van der Waals surface area contributed by atoms with E-state index in [0.29, 0.717) is 11.7 Å². The Morgan fingerprint density at radius 2 is 1.82 bits per heavy atom. The summed E-state index contributed by atoms with van der Waals surface area (Å²) in [6.45, 7) is 0. The Bertz CT molecular complexity index is 162. The standard InChI is InChI=1S/C10H16O/c11-10-7-6-8-4-2-1-3-5-9(8)10/h8-9H,1-7H2. The normalized spacial score (nSPS) is 38.4. The van der Waals surface area contributed by atoms with Gasteiger partial charge in [0.25, 0.3) is 0 Å². The molecule has 2 rings (SSSR count). The highest BCUT2D eigenvalue weighted by atomic mass is 16.1. The molecule has 0 aromatic carbocycles. The molecule has 2 atom stereocenters. The summed E-state index contributed by atoms with van der Waals surface area (Å²) >= 11 is 0. The predicted octanol–water partition coefficient (Wildman–Crippen LogP) is 2.55. The largest absolute Gasteiger partial charge is 0.299 e. The number of hydrogen-bond donors (Lipinski definition) is 0. The number of fused-ring (bicyclic) bond motifs is 1. The van der Waals surface area contributed by atoms with E-state index >= 15 is 0 Å². The zero-order valence-corrected chi connectivity index (χ0v) is 7.01. The molecule has 2 aliphatic carbocycles. The zero-order valence-electron chi connectivity index (χ0n) is 7.01. The minimum absolute atomic E-state index is 0.484. The van der Waals surface area contributed by atoms with Gasteiger partial charge in [0.1, 0.15) is 5.78 Å². The number of rotatable bonds is 0. The van der Waals surface area contributed by atoms with Gasteiger partial charge in [-0.05, 0) is 25.2 Å². The Morgan fingerprint density at radius 1 is 1.00 bits per heavy atom. The van der Waals surface area contributed by atoms with Crippen LogP contribution >= 0.6 is 0 Å². The highest BCUT2D eigenvalue weighted by Gasteiger charge is 2.34. The molecule has 62 valence electrons. The van der Waals surface area contributed by atoms with E-state index in [4.69, 9.17) is 0 Å². The second-order valence-electron chi connectivity index (χ2n) is 4.01. The van der Waals surface area contributed by atoms with Crippen LogP contribution in [0.5, 0.6) is 0 Å². The fourth-order valence-corrected chi connectivity index (χ4v) is 2.67. The van der Waals surface area contributed by atoms with Gasteiger partial charge in [0.2, 0.25) is 0 Å². The highest BCUT2D eigenvalue weighted by Crippen LogP contribution is 2.38. The molecule has 0 aromatic rings. The third-order valence-electron chi connectivity index (χ3n) is 3.33. The summed E-state index contributed by atoms with van der Waals surface area (Å²) in [5, 5.41) is 0. The molecular formula is C10H16O. The van der Waals surface area contributed by atoms with Gasteiger partial charge in [0.15, 0.2) is 0 Å². The van der Waals surface area contributed by atoms with Crippen LogP contribution in [0.15, 0.2) is 0 Å². The minimum Gasteiger partial charge on any atom is -0.299 e. The van der Waals surface area contributed by atoms with E-state index < -0.39 is 0 Å². The van der Waals surface area contributed by atoms with E-state index in [0.717, 1.165) is 12.3 Å². The summed E-state index contributed by atoms with van der Waals surface area (Å²) < 4.78 is 0. The first-order valence-corrected chi connectivity index (χ1v) is 4.90. The van der Waals surface area contributed by atoms with Crippen molar-refractivity contribution in [1.29, 1.82) is 0 Å². The lowest BCUT2D eigenvalue weighted by Crippen LogP contribution is -2.12. The molecule has 0 aromatic heterocycles. The number of carbonyl (C=O) groups excluding carboxylic acids is 1. The molecular weight excluding hydrogens is 136 g/mol. The average Bonchev–Trinajstić information content (AvgIpc) is 2.25. The van der Waals surface area contributed by atoms with Crippen molar-refractivity contribution in [2.24, 2.45) is 11.8 Å². The van der Waals surface area contributed by atoms with Gasteiger partial charge in [-0.25, -0.2) is 0 Å². The monoisotopic (exact) mass is 152 g/mol. The third kappa shape index (κ3) is 1.33. The zero-order chi connectivity index (χ0) is 7.68. The van der Waals surface area contributed by atoms with Gasteiger partial charge in [-0.2, -0.15) is 0 Å². The van der Waals surface area contributed by atoms with Crippen LogP contribution in [0.2, 0.25) is 0 Å². The molecule has 2 fully saturated rings. The lowest BCUT2D eigenvalue weighted by atomic mass is 9.91. The van der Waals surface area contributed by atoms with Crippen molar-refractivity contribution in [3.05, 3.63) is 0 Å². The molecule has 2 unspecified atom stereocenters. The van der Waals surface area contributed by atoms with Gasteiger partial charge >= 0.3 is 0 Å². The van der Waals surface area contributed by atoms with Crippen molar-refractivity contribution in [3.63, 3.8) is 0 Å². The molecule has 1 heteroatoms. The molecule has 2 aliphatic rings. The summed E-state index contributed by atoms with van der Waals surface area (Å²) in [4.78, 5) is 11.4. The van der Waals surface area contributed by atoms with Crippen LogP contribution in [0.4, 0.5) is 0 Å². The molecule has 0 N–H and O–H groups in total. The fraction of sp³-hybridized carbons (Fsp3) is 0.900. The number of hydrogen-bond acceptors (Lipinski definition) is 1. The van der Waals surface area contributed by atoms with E-state index in [1.165, 1.54) is 38.5 Å². The van der Waals surface area contributed by atoms with E-state index in [1.54, 1.807) is 0 Å². The number of Topliss-reactive ketones (excluding diaryl/α,β-unsaturated/α-hetero) is 1. The molecule has 0 aliphatic heterocycles. The average molecular weight is 152 g/mol. The topological polar surface area (TPSA) is 17.1 Å². The van der Waals surface area contributed by atoms with Crippen molar-refractivity contribution in [1.82, 2.24) is 0 Å². The molecule has 1 nitrogen and oxygen atoms in total. The summed E-state index contributed by atoms with van der Waals surface area (Å²) in [7, 11) is 0. The summed E-state index contributed by atoms with van der Waals surface area (Å²) in [6, 6.07) is 0. The van der Waals surface area contributed by atoms with Crippen molar-refractivity contribution in [2.45, 2.75) is 44.9 Å². The van der Waals surface area contributed by atoms with Gasteiger partial charge in [0.05, 0.1) is 0 Å². The maximum atomic E-state index is 11.4. The maximum Gasteiger partial charge on any atom is 0.136 e. The van der Waals surface area contributed by atoms with Crippen LogP contribution in [-0.4, -0.2) is 5.78 Å². The summed E-state index contributed by atoms with van der Waals surface area (Å²) in [6.07, 6.45) is 8.64. The second-order valence-corrected chi connectivity index (χ2v) is 4.01. The van der Waals surface area contributed by atoms with Gasteiger partial charge in [-0.3, -0.25) is 4.79 Å². The molecule has 0 heterocycles. The second kappa shape index (κ2) is 2.96. The van der Waals surface area contributed by atoms with E-state index in [9.17, 15) is 4.79 Å². The van der Waals surface area contributed by atoms with Crippen molar-refractivity contribution in [3.8, 4) is 0 Å². The fourth-order valence-electron chi connectivity index (χ4n) is 2.67. The van der Waals surface area contributed by atoms with Gasteiger partial charge in [-0.1, -0.05) is 19.3 Å². The summed E-state index contributed by atoms with van der Waals surface area (Å²) in [5.41, 5.74) is 0. The lowest BCUT2D eigenvalue weighted by Gasteiger charge is -2.12.